The van der Waals surface area contributed by atoms with Gasteiger partial charge in [-0.1, -0.05) is 29.8 Å². The molecule has 0 aliphatic heterocycles. The van der Waals surface area contributed by atoms with E-state index in [9.17, 15) is 14.1 Å². The van der Waals surface area contributed by atoms with E-state index in [1.165, 1.54) is 0 Å². The molecule has 198 valence electrons. The van der Waals surface area contributed by atoms with Crippen LogP contribution in [0.5, 0.6) is 0 Å². The van der Waals surface area contributed by atoms with Gasteiger partial charge in [0, 0.05) is 24.6 Å². The maximum Gasteiger partial charge on any atom is 0.303 e. The monoisotopic (exact) mass is 526 g/mol. The summed E-state index contributed by atoms with van der Waals surface area (Å²) >= 11 is -1.31. The molecule has 4 rings (SSSR count). The number of rotatable bonds is 13. The van der Waals surface area contributed by atoms with Gasteiger partial charge in [-0.05, 0) is 57.7 Å². The Hall–Kier alpha value is -3.08. The van der Waals surface area contributed by atoms with Gasteiger partial charge in [-0.3, -0.25) is 9.59 Å². The molecule has 3 N–H and O–H groups in total. The van der Waals surface area contributed by atoms with Gasteiger partial charge in [0.25, 0.3) is 5.91 Å². The van der Waals surface area contributed by atoms with Crippen molar-refractivity contribution in [3.8, 4) is 11.3 Å². The number of fused-ring (bicyclic) bond motifs is 1. The highest BCUT2D eigenvalue weighted by atomic mass is 32.2. The lowest BCUT2D eigenvalue weighted by Gasteiger charge is -2.25. The lowest BCUT2D eigenvalue weighted by Crippen LogP contribution is -2.34. The minimum absolute atomic E-state index is 0.137. The van der Waals surface area contributed by atoms with Gasteiger partial charge >= 0.3 is 5.97 Å². The van der Waals surface area contributed by atoms with Crippen molar-refractivity contribution in [3.63, 3.8) is 0 Å². The van der Waals surface area contributed by atoms with Crippen molar-refractivity contribution in [1.82, 2.24) is 15.6 Å². The molecular weight excluding hydrogens is 492 g/mol. The molecule has 1 aliphatic carbocycles. The van der Waals surface area contributed by atoms with Crippen molar-refractivity contribution in [2.45, 2.75) is 44.9 Å². The van der Waals surface area contributed by atoms with Crippen LogP contribution in [0, 0.1) is 6.92 Å². The molecule has 1 fully saturated rings. The third kappa shape index (κ3) is 6.44. The second-order valence-corrected chi connectivity index (χ2v) is 10.7. The van der Waals surface area contributed by atoms with E-state index in [1.807, 2.05) is 37.3 Å². The standard InChI is InChI=1S/C27H34N4O5S/c1-17-7-9-19(10-8-17)24-23(26(34)28-2)21-16-20(18-11-12-18)25(30-27(21)36-24)31(37(3)35)15-5-14-29-13-4-6-22(32)33/h7-10,16,18,29H,4-6,11-15H2,1-3H3,(H,28,34)(H,32,33). The quantitative estimate of drug-likeness (QED) is 0.225. The van der Waals surface area contributed by atoms with E-state index >= 15 is 0 Å². The average molecular weight is 527 g/mol. The smallest absolute Gasteiger partial charge is 0.303 e. The molecule has 1 saturated carbocycles. The van der Waals surface area contributed by atoms with E-state index in [1.54, 1.807) is 17.6 Å². The lowest BCUT2D eigenvalue weighted by molar-refractivity contribution is -0.137. The molecule has 2 aromatic heterocycles. The second kappa shape index (κ2) is 12.0. The summed E-state index contributed by atoms with van der Waals surface area (Å²) in [6, 6.07) is 9.80. The Kier molecular flexibility index (Phi) is 8.73. The number of pyridine rings is 1. The van der Waals surface area contributed by atoms with Crippen LogP contribution in [0.3, 0.4) is 0 Å². The zero-order chi connectivity index (χ0) is 26.5. The van der Waals surface area contributed by atoms with Crippen molar-refractivity contribution < 1.29 is 23.7 Å². The molecule has 0 radical (unpaired) electrons. The second-order valence-electron chi connectivity index (χ2n) is 9.41. The fraction of sp³-hybridized carbons (Fsp3) is 0.444. The van der Waals surface area contributed by atoms with Crippen molar-refractivity contribution in [3.05, 3.63) is 47.0 Å². The predicted molar refractivity (Wildman–Crippen MR) is 145 cm³/mol. The topological polar surface area (TPSA) is 131 Å². The lowest BCUT2D eigenvalue weighted by atomic mass is 10.0. The maximum atomic E-state index is 13.0. The van der Waals surface area contributed by atoms with Crippen molar-refractivity contribution in [2.75, 3.05) is 37.2 Å². The molecule has 1 aliphatic rings. The molecule has 1 aromatic carbocycles. The molecule has 1 unspecified atom stereocenters. The molecule has 37 heavy (non-hydrogen) atoms. The highest BCUT2D eigenvalue weighted by Gasteiger charge is 2.34. The zero-order valence-corrected chi connectivity index (χ0v) is 22.3. The number of nitrogens with zero attached hydrogens (tertiary/aromatic N) is 2. The number of aryl methyl sites for hydroxylation is 1. The van der Waals surface area contributed by atoms with Crippen LogP contribution in [0.4, 0.5) is 5.82 Å². The van der Waals surface area contributed by atoms with E-state index in [0.29, 0.717) is 66.6 Å². The molecule has 3 aromatic rings. The van der Waals surface area contributed by atoms with Gasteiger partial charge in [0.05, 0.1) is 28.9 Å². The summed E-state index contributed by atoms with van der Waals surface area (Å²) in [5.41, 5.74) is 3.68. The summed E-state index contributed by atoms with van der Waals surface area (Å²) in [4.78, 5) is 28.5. The maximum absolute atomic E-state index is 13.0. The number of carbonyl (C=O) groups is 2. The van der Waals surface area contributed by atoms with Crippen molar-refractivity contribution in [2.24, 2.45) is 0 Å². The Bertz CT molecular complexity index is 1250. The molecule has 0 bridgehead atoms. The van der Waals surface area contributed by atoms with Crippen molar-refractivity contribution >= 4 is 40.2 Å². The number of furan rings is 1. The zero-order valence-electron chi connectivity index (χ0n) is 21.5. The number of aliphatic carboxylic acids is 1. The van der Waals surface area contributed by atoms with Crippen LogP contribution in [0.1, 0.15) is 59.5 Å². The van der Waals surface area contributed by atoms with Crippen LogP contribution in [-0.2, 0) is 16.2 Å². The number of hydrogen-bond donors (Lipinski definition) is 3. The number of carboxylic acid groups (broad SMARTS) is 1. The van der Waals surface area contributed by atoms with E-state index in [2.05, 4.69) is 10.6 Å². The molecular formula is C27H34N4O5S. The first kappa shape index (κ1) is 27.0. The van der Waals surface area contributed by atoms with Crippen molar-refractivity contribution in [1.29, 1.82) is 0 Å². The summed E-state index contributed by atoms with van der Waals surface area (Å²) in [7, 11) is 1.60. The largest absolute Gasteiger partial charge is 0.593 e. The number of benzene rings is 1. The fourth-order valence-electron chi connectivity index (χ4n) is 4.38. The Morgan fingerprint density at radius 1 is 1.22 bits per heavy atom. The van der Waals surface area contributed by atoms with E-state index in [-0.39, 0.29) is 12.3 Å². The highest BCUT2D eigenvalue weighted by molar-refractivity contribution is 7.92. The third-order valence-electron chi connectivity index (χ3n) is 6.48. The van der Waals surface area contributed by atoms with Crippen LogP contribution in [0.2, 0.25) is 0 Å². The molecule has 0 saturated heterocycles. The fourth-order valence-corrected chi connectivity index (χ4v) is 5.15. The van der Waals surface area contributed by atoms with Crippen LogP contribution in [0.25, 0.3) is 22.4 Å². The Balaban J connectivity index is 1.65. The molecule has 1 amide bonds. The van der Waals surface area contributed by atoms with Crippen LogP contribution >= 0.6 is 0 Å². The molecule has 10 heteroatoms. The summed E-state index contributed by atoms with van der Waals surface area (Å²) in [6.45, 7) is 3.81. The average Bonchev–Trinajstić information content (AvgIpc) is 3.65. The number of carbonyl (C=O) groups excluding carboxylic acids is 1. The first-order valence-electron chi connectivity index (χ1n) is 12.6. The first-order chi connectivity index (χ1) is 17.8. The van der Waals surface area contributed by atoms with Crippen LogP contribution in [0.15, 0.2) is 34.7 Å². The van der Waals surface area contributed by atoms with Crippen LogP contribution in [-0.4, -0.2) is 59.5 Å². The molecule has 0 spiro atoms. The normalized spacial score (nSPS) is 14.1. The Morgan fingerprint density at radius 3 is 2.54 bits per heavy atom. The SMILES string of the molecule is CNC(=O)c1c(-c2ccc(C)cc2)oc2nc(N(CCCNCCCC(=O)O)[S+](C)[O-])c(C3CC3)cc12. The molecule has 1 atom stereocenters. The highest BCUT2D eigenvalue weighted by Crippen LogP contribution is 2.46. The summed E-state index contributed by atoms with van der Waals surface area (Å²) < 4.78 is 20.8. The number of hydrogen-bond acceptors (Lipinski definition) is 7. The number of carboxylic acids is 1. The molecule has 9 nitrogen and oxygen atoms in total. The van der Waals surface area contributed by atoms with Gasteiger partial charge in [0.1, 0.15) is 12.0 Å². The van der Waals surface area contributed by atoms with E-state index in [0.717, 1.165) is 29.5 Å². The van der Waals surface area contributed by atoms with Gasteiger partial charge in [0.2, 0.25) is 5.71 Å². The first-order valence-corrected chi connectivity index (χ1v) is 14.1. The number of aromatic nitrogens is 1. The van der Waals surface area contributed by atoms with Crippen LogP contribution < -0.4 is 14.9 Å². The minimum Gasteiger partial charge on any atom is -0.593 e. The number of anilines is 1. The third-order valence-corrected chi connectivity index (χ3v) is 7.46. The van der Waals surface area contributed by atoms with E-state index in [4.69, 9.17) is 14.5 Å². The number of nitrogens with one attached hydrogen (secondary N) is 2. The van der Waals surface area contributed by atoms with Gasteiger partial charge in [0.15, 0.2) is 5.82 Å². The van der Waals surface area contributed by atoms with E-state index < -0.39 is 17.3 Å². The van der Waals surface area contributed by atoms with Gasteiger partial charge in [-0.2, -0.15) is 9.29 Å². The molecule has 2 heterocycles. The van der Waals surface area contributed by atoms with Gasteiger partial charge < -0.3 is 24.7 Å². The van der Waals surface area contributed by atoms with Gasteiger partial charge in [-0.25, -0.2) is 0 Å². The predicted octanol–water partition coefficient (Wildman–Crippen LogP) is 3.98. The van der Waals surface area contributed by atoms with Gasteiger partial charge in [-0.15, -0.1) is 0 Å². The summed E-state index contributed by atoms with van der Waals surface area (Å²) in [6.07, 6.45) is 5.10. The number of amides is 1. The summed E-state index contributed by atoms with van der Waals surface area (Å²) in [5.74, 6) is 0.370. The summed E-state index contributed by atoms with van der Waals surface area (Å²) in [5, 5.41) is 15.4. The Labute approximate surface area is 219 Å². The minimum atomic E-state index is -1.31. The Morgan fingerprint density at radius 2 is 1.92 bits per heavy atom.